The van der Waals surface area contributed by atoms with Gasteiger partial charge in [-0.15, -0.1) is 0 Å². The Morgan fingerprint density at radius 1 is 1.42 bits per heavy atom. The van der Waals surface area contributed by atoms with Crippen molar-refractivity contribution in [3.05, 3.63) is 29.3 Å². The Bertz CT molecular complexity index is 419. The minimum absolute atomic E-state index is 0.621. The molecule has 0 aromatic heterocycles. The van der Waals surface area contributed by atoms with Crippen LogP contribution in [-0.4, -0.2) is 37.7 Å². The van der Waals surface area contributed by atoms with Crippen molar-refractivity contribution < 1.29 is 4.74 Å². The number of hydrogen-bond acceptors (Lipinski definition) is 3. The number of piperidine rings is 1. The van der Waals surface area contributed by atoms with Gasteiger partial charge >= 0.3 is 0 Å². The Balaban J connectivity index is 1.96. The van der Waals surface area contributed by atoms with E-state index in [1.165, 1.54) is 30.5 Å². The number of aryl methyl sites for hydroxylation is 1. The van der Waals surface area contributed by atoms with Crippen molar-refractivity contribution >= 4 is 0 Å². The lowest BCUT2D eigenvalue weighted by Gasteiger charge is -2.35. The van der Waals surface area contributed by atoms with Gasteiger partial charge in [0.25, 0.3) is 0 Å². The third-order valence-corrected chi connectivity index (χ3v) is 4.36. The molecule has 19 heavy (non-hydrogen) atoms. The SMILES string of the molecule is COc1cccc(C)c1CN[C@H]1CCN(C)[C@@H](C)C1. The molecule has 1 aromatic rings. The fourth-order valence-electron chi connectivity index (χ4n) is 2.81. The molecule has 1 fully saturated rings. The molecule has 2 atom stereocenters. The van der Waals surface area contributed by atoms with Gasteiger partial charge in [-0.2, -0.15) is 0 Å². The number of likely N-dealkylation sites (tertiary alicyclic amines) is 1. The smallest absolute Gasteiger partial charge is 0.123 e. The molecule has 3 heteroatoms. The molecular weight excluding hydrogens is 236 g/mol. The van der Waals surface area contributed by atoms with E-state index < -0.39 is 0 Å². The lowest BCUT2D eigenvalue weighted by molar-refractivity contribution is 0.168. The standard InChI is InChI=1S/C16H26N2O/c1-12-6-5-7-16(19-4)15(12)11-17-14-8-9-18(3)13(2)10-14/h5-7,13-14,17H,8-11H2,1-4H3/t13-,14-/m0/s1. The minimum atomic E-state index is 0.621. The fourth-order valence-corrected chi connectivity index (χ4v) is 2.81. The second kappa shape index (κ2) is 6.40. The molecule has 0 spiro atoms. The minimum Gasteiger partial charge on any atom is -0.496 e. The number of nitrogens with one attached hydrogen (secondary N) is 1. The van der Waals surface area contributed by atoms with Gasteiger partial charge in [0.1, 0.15) is 5.75 Å². The maximum Gasteiger partial charge on any atom is 0.123 e. The summed E-state index contributed by atoms with van der Waals surface area (Å²) in [6.45, 7) is 6.54. The summed E-state index contributed by atoms with van der Waals surface area (Å²) in [5, 5.41) is 3.70. The lowest BCUT2D eigenvalue weighted by atomic mass is 9.98. The summed E-state index contributed by atoms with van der Waals surface area (Å²) >= 11 is 0. The molecule has 1 aliphatic heterocycles. The van der Waals surface area contributed by atoms with Crippen LogP contribution in [0, 0.1) is 6.92 Å². The second-order valence-electron chi connectivity index (χ2n) is 5.69. The average molecular weight is 262 g/mol. The first-order valence-electron chi connectivity index (χ1n) is 7.18. The molecule has 1 aromatic carbocycles. The second-order valence-corrected chi connectivity index (χ2v) is 5.69. The van der Waals surface area contributed by atoms with Gasteiger partial charge in [-0.3, -0.25) is 0 Å². The largest absolute Gasteiger partial charge is 0.496 e. The fraction of sp³-hybridized carbons (Fsp3) is 0.625. The summed E-state index contributed by atoms with van der Waals surface area (Å²) in [6, 6.07) is 7.54. The van der Waals surface area contributed by atoms with Gasteiger partial charge in [-0.25, -0.2) is 0 Å². The van der Waals surface area contributed by atoms with Crippen LogP contribution < -0.4 is 10.1 Å². The normalized spacial score (nSPS) is 24.4. The molecule has 0 unspecified atom stereocenters. The van der Waals surface area contributed by atoms with Crippen LogP contribution in [0.4, 0.5) is 0 Å². The van der Waals surface area contributed by atoms with Gasteiger partial charge in [-0.05, 0) is 51.9 Å². The van der Waals surface area contributed by atoms with Crippen LogP contribution in [0.5, 0.6) is 5.75 Å². The van der Waals surface area contributed by atoms with Crippen LogP contribution in [-0.2, 0) is 6.54 Å². The third-order valence-electron chi connectivity index (χ3n) is 4.36. The zero-order valence-corrected chi connectivity index (χ0v) is 12.6. The first-order valence-corrected chi connectivity index (χ1v) is 7.18. The predicted octanol–water partition coefficient (Wildman–Crippen LogP) is 2.58. The van der Waals surface area contributed by atoms with E-state index in [4.69, 9.17) is 4.74 Å². The van der Waals surface area contributed by atoms with Crippen molar-refractivity contribution in [3.63, 3.8) is 0 Å². The van der Waals surface area contributed by atoms with Crippen molar-refractivity contribution in [2.45, 2.75) is 45.3 Å². The van der Waals surface area contributed by atoms with Crippen molar-refractivity contribution in [2.24, 2.45) is 0 Å². The monoisotopic (exact) mass is 262 g/mol. The van der Waals surface area contributed by atoms with Gasteiger partial charge in [0.2, 0.25) is 0 Å². The Kier molecular flexibility index (Phi) is 4.83. The van der Waals surface area contributed by atoms with E-state index >= 15 is 0 Å². The van der Waals surface area contributed by atoms with Crippen LogP contribution in [0.3, 0.4) is 0 Å². The van der Waals surface area contributed by atoms with E-state index in [1.54, 1.807) is 7.11 Å². The third kappa shape index (κ3) is 3.48. The van der Waals surface area contributed by atoms with Gasteiger partial charge in [0, 0.05) is 24.2 Å². The van der Waals surface area contributed by atoms with Gasteiger partial charge in [0.15, 0.2) is 0 Å². The van der Waals surface area contributed by atoms with Crippen molar-refractivity contribution in [1.29, 1.82) is 0 Å². The molecule has 0 aliphatic carbocycles. The number of rotatable bonds is 4. The van der Waals surface area contributed by atoms with Crippen LogP contribution in [0.2, 0.25) is 0 Å². The molecule has 1 heterocycles. The van der Waals surface area contributed by atoms with Crippen molar-refractivity contribution in [1.82, 2.24) is 10.2 Å². The molecule has 106 valence electrons. The Hall–Kier alpha value is -1.06. The van der Waals surface area contributed by atoms with E-state index in [0.29, 0.717) is 12.1 Å². The van der Waals surface area contributed by atoms with Crippen molar-refractivity contribution in [2.75, 3.05) is 20.7 Å². The van der Waals surface area contributed by atoms with Crippen LogP contribution in [0.25, 0.3) is 0 Å². The van der Waals surface area contributed by atoms with E-state index in [9.17, 15) is 0 Å². The highest BCUT2D eigenvalue weighted by Gasteiger charge is 2.22. The summed E-state index contributed by atoms with van der Waals surface area (Å²) in [6.07, 6.45) is 2.46. The predicted molar refractivity (Wildman–Crippen MR) is 79.7 cm³/mol. The molecule has 1 saturated heterocycles. The first kappa shape index (κ1) is 14.4. The van der Waals surface area contributed by atoms with Gasteiger partial charge < -0.3 is 15.0 Å². The lowest BCUT2D eigenvalue weighted by Crippen LogP contribution is -2.45. The van der Waals surface area contributed by atoms with Crippen LogP contribution in [0.1, 0.15) is 30.9 Å². The van der Waals surface area contributed by atoms with E-state index in [0.717, 1.165) is 12.3 Å². The van der Waals surface area contributed by atoms with Crippen molar-refractivity contribution in [3.8, 4) is 5.75 Å². The first-order chi connectivity index (χ1) is 9.11. The van der Waals surface area contributed by atoms with Crippen LogP contribution >= 0.6 is 0 Å². The number of nitrogens with zero attached hydrogens (tertiary/aromatic N) is 1. The number of ether oxygens (including phenoxy) is 1. The quantitative estimate of drug-likeness (QED) is 0.902. The molecule has 0 radical (unpaired) electrons. The van der Waals surface area contributed by atoms with Gasteiger partial charge in [0.05, 0.1) is 7.11 Å². The number of methoxy groups -OCH3 is 1. The summed E-state index contributed by atoms with van der Waals surface area (Å²) in [4.78, 5) is 2.44. The Morgan fingerprint density at radius 2 is 2.21 bits per heavy atom. The highest BCUT2D eigenvalue weighted by molar-refractivity contribution is 5.39. The van der Waals surface area contributed by atoms with E-state index in [1.807, 2.05) is 6.07 Å². The molecular formula is C16H26N2O. The zero-order valence-electron chi connectivity index (χ0n) is 12.6. The molecule has 0 bridgehead atoms. The molecule has 1 aliphatic rings. The topological polar surface area (TPSA) is 24.5 Å². The summed E-state index contributed by atoms with van der Waals surface area (Å²) in [5.41, 5.74) is 2.59. The zero-order chi connectivity index (χ0) is 13.8. The summed E-state index contributed by atoms with van der Waals surface area (Å²) in [7, 11) is 3.96. The average Bonchev–Trinajstić information content (AvgIpc) is 2.41. The maximum absolute atomic E-state index is 5.46. The van der Waals surface area contributed by atoms with E-state index in [2.05, 4.69) is 43.2 Å². The van der Waals surface area contributed by atoms with Crippen LogP contribution in [0.15, 0.2) is 18.2 Å². The molecule has 2 rings (SSSR count). The maximum atomic E-state index is 5.46. The summed E-state index contributed by atoms with van der Waals surface area (Å²) < 4.78 is 5.46. The Labute approximate surface area is 116 Å². The Morgan fingerprint density at radius 3 is 2.89 bits per heavy atom. The molecule has 3 nitrogen and oxygen atoms in total. The molecule has 1 N–H and O–H groups in total. The highest BCUT2D eigenvalue weighted by atomic mass is 16.5. The van der Waals surface area contributed by atoms with Gasteiger partial charge in [-0.1, -0.05) is 12.1 Å². The molecule has 0 amide bonds. The van der Waals surface area contributed by atoms with E-state index in [-0.39, 0.29) is 0 Å². The number of hydrogen-bond donors (Lipinski definition) is 1. The number of benzene rings is 1. The molecule has 0 saturated carbocycles. The highest BCUT2D eigenvalue weighted by Crippen LogP contribution is 2.22. The summed E-state index contributed by atoms with van der Waals surface area (Å²) in [5.74, 6) is 0.994.